The lowest BCUT2D eigenvalue weighted by Crippen LogP contribution is -2.38. The van der Waals surface area contributed by atoms with Crippen molar-refractivity contribution in [1.29, 1.82) is 0 Å². The van der Waals surface area contributed by atoms with Crippen molar-refractivity contribution in [2.24, 2.45) is 0 Å². The Hall–Kier alpha value is -2.54. The van der Waals surface area contributed by atoms with Crippen molar-refractivity contribution >= 4 is 5.91 Å². The van der Waals surface area contributed by atoms with E-state index in [1.165, 1.54) is 12.1 Å². The summed E-state index contributed by atoms with van der Waals surface area (Å²) >= 11 is 0. The molecule has 1 aliphatic heterocycles. The number of hydrogen-bond donors (Lipinski definition) is 1. The number of hydrogen-bond acceptors (Lipinski definition) is 3. The van der Waals surface area contributed by atoms with Crippen LogP contribution in [0, 0.1) is 0 Å². The number of aromatic hydroxyl groups is 1. The summed E-state index contributed by atoms with van der Waals surface area (Å²) in [6.45, 7) is 2.31. The Balaban J connectivity index is 1.68. The number of phenols is 1. The molecule has 0 saturated carbocycles. The minimum Gasteiger partial charge on any atom is -0.508 e. The molecule has 1 heterocycles. The number of likely N-dealkylation sites (tertiary alicyclic amines) is 1. The number of likely N-dealkylation sites (N-methyl/N-ethyl adjacent to an activating group) is 1. The van der Waals surface area contributed by atoms with Crippen LogP contribution in [-0.4, -0.2) is 47.5 Å². The van der Waals surface area contributed by atoms with Crippen molar-refractivity contribution in [2.45, 2.75) is 31.5 Å². The van der Waals surface area contributed by atoms with Gasteiger partial charge in [-0.25, -0.2) is 0 Å². The maximum Gasteiger partial charge on any atom is 0.416 e. The largest absolute Gasteiger partial charge is 0.508 e. The molecular weight excluding hydrogens is 381 g/mol. The fraction of sp³-hybridized carbons (Fsp3) is 0.409. The average molecular weight is 406 g/mol. The number of amides is 1. The summed E-state index contributed by atoms with van der Waals surface area (Å²) in [5, 5.41) is 9.84. The predicted octanol–water partition coefficient (Wildman–Crippen LogP) is 4.25. The second-order valence-corrected chi connectivity index (χ2v) is 7.50. The van der Waals surface area contributed by atoms with Crippen molar-refractivity contribution in [1.82, 2.24) is 9.80 Å². The Morgan fingerprint density at radius 3 is 2.38 bits per heavy atom. The molecule has 1 N–H and O–H groups in total. The van der Waals surface area contributed by atoms with Crippen LogP contribution in [0.5, 0.6) is 5.75 Å². The smallest absolute Gasteiger partial charge is 0.416 e. The number of nitrogens with zero attached hydrogens (tertiary/aromatic N) is 2. The van der Waals surface area contributed by atoms with E-state index in [0.29, 0.717) is 12.1 Å². The SMILES string of the molecule is CN(C[C@H](c1cccc(O)c1)N1CCCC1)C(=O)Cc1ccc(C(F)(F)F)cc1. The minimum absolute atomic E-state index is 0.0360. The molecule has 156 valence electrons. The molecular formula is C22H25F3N2O2. The normalized spacial score (nSPS) is 16.0. The fourth-order valence-corrected chi connectivity index (χ4v) is 3.70. The monoisotopic (exact) mass is 406 g/mol. The topological polar surface area (TPSA) is 43.8 Å². The molecule has 1 fully saturated rings. The van der Waals surface area contributed by atoms with E-state index in [4.69, 9.17) is 0 Å². The molecule has 0 radical (unpaired) electrons. The van der Waals surface area contributed by atoms with Crippen LogP contribution in [-0.2, 0) is 17.4 Å². The second kappa shape index (κ2) is 8.86. The Kier molecular flexibility index (Phi) is 6.47. The number of halogens is 3. The highest BCUT2D eigenvalue weighted by molar-refractivity contribution is 5.78. The first-order valence-corrected chi connectivity index (χ1v) is 9.67. The van der Waals surface area contributed by atoms with Gasteiger partial charge in [0.2, 0.25) is 5.91 Å². The van der Waals surface area contributed by atoms with Crippen LogP contribution in [0.1, 0.15) is 35.6 Å². The molecule has 0 bridgehead atoms. The molecule has 3 rings (SSSR count). The van der Waals surface area contributed by atoms with E-state index in [9.17, 15) is 23.1 Å². The minimum atomic E-state index is -4.39. The summed E-state index contributed by atoms with van der Waals surface area (Å²) in [6.07, 6.45) is -2.15. The van der Waals surface area contributed by atoms with Gasteiger partial charge in [0.15, 0.2) is 0 Å². The molecule has 1 amide bonds. The van der Waals surface area contributed by atoms with E-state index in [1.807, 2.05) is 6.07 Å². The standard InChI is InChI=1S/C22H25F3N2O2/c1-26(21(29)13-16-7-9-18(10-8-16)22(23,24)25)15-20(27-11-2-3-12-27)17-5-4-6-19(28)14-17/h4-10,14,20,28H,2-3,11-13,15H2,1H3/t20-/m1/s1. The molecule has 1 saturated heterocycles. The lowest BCUT2D eigenvalue weighted by molar-refractivity contribution is -0.137. The molecule has 0 aromatic heterocycles. The van der Waals surface area contributed by atoms with Crippen molar-refractivity contribution in [2.75, 3.05) is 26.7 Å². The van der Waals surface area contributed by atoms with Gasteiger partial charge < -0.3 is 10.0 Å². The summed E-state index contributed by atoms with van der Waals surface area (Å²) in [4.78, 5) is 16.6. The lowest BCUT2D eigenvalue weighted by Gasteiger charge is -2.32. The number of carbonyl (C=O) groups is 1. The average Bonchev–Trinajstić information content (AvgIpc) is 3.20. The molecule has 29 heavy (non-hydrogen) atoms. The second-order valence-electron chi connectivity index (χ2n) is 7.50. The Bertz CT molecular complexity index is 831. The van der Waals surface area contributed by atoms with Crippen LogP contribution in [0.2, 0.25) is 0 Å². The summed E-state index contributed by atoms with van der Waals surface area (Å²) < 4.78 is 38.1. The first-order chi connectivity index (χ1) is 13.7. The molecule has 1 atom stereocenters. The number of benzene rings is 2. The highest BCUT2D eigenvalue weighted by Crippen LogP contribution is 2.30. The molecule has 0 aliphatic carbocycles. The van der Waals surface area contributed by atoms with Crippen LogP contribution < -0.4 is 0 Å². The van der Waals surface area contributed by atoms with Crippen molar-refractivity contribution in [3.63, 3.8) is 0 Å². The quantitative estimate of drug-likeness (QED) is 0.780. The summed E-state index contributed by atoms with van der Waals surface area (Å²) in [5.41, 5.74) is 0.769. The van der Waals surface area contributed by atoms with Gasteiger partial charge in [0, 0.05) is 13.6 Å². The van der Waals surface area contributed by atoms with E-state index in [0.717, 1.165) is 43.6 Å². The highest BCUT2D eigenvalue weighted by atomic mass is 19.4. The van der Waals surface area contributed by atoms with Gasteiger partial charge in [-0.2, -0.15) is 13.2 Å². The van der Waals surface area contributed by atoms with Crippen molar-refractivity contribution in [3.8, 4) is 5.75 Å². The third-order valence-corrected chi connectivity index (χ3v) is 5.35. The van der Waals surface area contributed by atoms with Crippen LogP contribution in [0.25, 0.3) is 0 Å². The zero-order chi connectivity index (χ0) is 21.0. The van der Waals surface area contributed by atoms with Gasteiger partial charge in [0.05, 0.1) is 18.0 Å². The molecule has 2 aromatic carbocycles. The van der Waals surface area contributed by atoms with Gasteiger partial charge in [-0.05, 0) is 61.3 Å². The number of carbonyl (C=O) groups excluding carboxylic acids is 1. The Labute approximate surface area is 168 Å². The Morgan fingerprint density at radius 2 is 1.79 bits per heavy atom. The molecule has 7 heteroatoms. The predicted molar refractivity (Wildman–Crippen MR) is 104 cm³/mol. The maximum absolute atomic E-state index is 12.7. The molecule has 0 spiro atoms. The molecule has 0 unspecified atom stereocenters. The van der Waals surface area contributed by atoms with Crippen LogP contribution in [0.3, 0.4) is 0 Å². The molecule has 2 aromatic rings. The highest BCUT2D eigenvalue weighted by Gasteiger charge is 2.30. The Morgan fingerprint density at radius 1 is 1.14 bits per heavy atom. The summed E-state index contributed by atoms with van der Waals surface area (Å²) in [5.74, 6) is 0.0274. The summed E-state index contributed by atoms with van der Waals surface area (Å²) in [7, 11) is 1.71. The van der Waals surface area contributed by atoms with E-state index >= 15 is 0 Å². The van der Waals surface area contributed by atoms with E-state index in [-0.39, 0.29) is 24.1 Å². The van der Waals surface area contributed by atoms with Gasteiger partial charge in [0.1, 0.15) is 5.75 Å². The number of rotatable bonds is 6. The van der Waals surface area contributed by atoms with Crippen LogP contribution in [0.15, 0.2) is 48.5 Å². The maximum atomic E-state index is 12.7. The first kappa shape index (κ1) is 21.2. The lowest BCUT2D eigenvalue weighted by atomic mass is 10.0. The van der Waals surface area contributed by atoms with Gasteiger partial charge in [-0.15, -0.1) is 0 Å². The van der Waals surface area contributed by atoms with Crippen LogP contribution in [0.4, 0.5) is 13.2 Å². The van der Waals surface area contributed by atoms with Crippen LogP contribution >= 0.6 is 0 Å². The van der Waals surface area contributed by atoms with E-state index < -0.39 is 11.7 Å². The third-order valence-electron chi connectivity index (χ3n) is 5.35. The van der Waals surface area contributed by atoms with Crippen molar-refractivity contribution in [3.05, 3.63) is 65.2 Å². The molecule has 4 nitrogen and oxygen atoms in total. The molecule has 1 aliphatic rings. The third kappa shape index (κ3) is 5.50. The van der Waals surface area contributed by atoms with Crippen molar-refractivity contribution < 1.29 is 23.1 Å². The van der Waals surface area contributed by atoms with Gasteiger partial charge in [-0.1, -0.05) is 24.3 Å². The van der Waals surface area contributed by atoms with E-state index in [2.05, 4.69) is 4.90 Å². The fourth-order valence-electron chi connectivity index (χ4n) is 3.70. The zero-order valence-electron chi connectivity index (χ0n) is 16.3. The van der Waals surface area contributed by atoms with Gasteiger partial charge in [0.25, 0.3) is 0 Å². The summed E-state index contributed by atoms with van der Waals surface area (Å²) in [6, 6.07) is 11.7. The first-order valence-electron chi connectivity index (χ1n) is 9.67. The van der Waals surface area contributed by atoms with E-state index in [1.54, 1.807) is 30.1 Å². The van der Waals surface area contributed by atoms with Gasteiger partial charge in [-0.3, -0.25) is 9.69 Å². The number of phenolic OH excluding ortho intramolecular Hbond substituents is 1. The zero-order valence-corrected chi connectivity index (χ0v) is 16.3. The number of alkyl halides is 3. The van der Waals surface area contributed by atoms with Gasteiger partial charge >= 0.3 is 6.18 Å².